The number of fused-ring (bicyclic) bond motifs is 1. The minimum absolute atomic E-state index is 0.0977. The Kier molecular flexibility index (Phi) is 3.33. The van der Waals surface area contributed by atoms with E-state index in [0.717, 1.165) is 6.20 Å². The first kappa shape index (κ1) is 12.2. The number of ether oxygens (including phenoxy) is 1. The van der Waals surface area contributed by atoms with Crippen molar-refractivity contribution in [3.63, 3.8) is 0 Å². The number of hydrogen-bond acceptors (Lipinski definition) is 5. The smallest absolute Gasteiger partial charge is 0.288 e. The van der Waals surface area contributed by atoms with Gasteiger partial charge < -0.3 is 4.74 Å². The molecule has 0 amide bonds. The molecule has 0 saturated carbocycles. The van der Waals surface area contributed by atoms with Gasteiger partial charge in [-0.3, -0.25) is 19.5 Å². The molecule has 0 saturated heterocycles. The number of hydrogen-bond donors (Lipinski definition) is 0. The van der Waals surface area contributed by atoms with Crippen molar-refractivity contribution < 1.29 is 9.66 Å². The molecule has 2 rings (SSSR count). The van der Waals surface area contributed by atoms with Crippen LogP contribution in [0, 0.1) is 10.1 Å². The Morgan fingerprint density at radius 2 is 2.28 bits per heavy atom. The number of nitrogens with zero attached hydrogens (tertiary/aromatic N) is 3. The number of methoxy groups -OCH3 is 1. The van der Waals surface area contributed by atoms with Crippen LogP contribution in [0.4, 0.5) is 5.69 Å². The number of aromatic nitrogens is 2. The largest absolute Gasteiger partial charge is 0.383 e. The van der Waals surface area contributed by atoms with Crippen molar-refractivity contribution in [3.05, 3.63) is 44.9 Å². The average Bonchev–Trinajstić information content (AvgIpc) is 2.37. The van der Waals surface area contributed by atoms with Crippen LogP contribution in [0.2, 0.25) is 0 Å². The summed E-state index contributed by atoms with van der Waals surface area (Å²) in [5, 5.41) is 11.2. The van der Waals surface area contributed by atoms with Crippen LogP contribution < -0.4 is 5.56 Å². The normalized spacial score (nSPS) is 10.7. The summed E-state index contributed by atoms with van der Waals surface area (Å²) in [5.74, 6) is 0. The lowest BCUT2D eigenvalue weighted by Crippen LogP contribution is -2.22. The first-order valence-electron chi connectivity index (χ1n) is 5.26. The molecule has 0 aliphatic rings. The highest BCUT2D eigenvalue weighted by molar-refractivity contribution is 5.77. The maximum atomic E-state index is 11.7. The Hall–Kier alpha value is -2.28. The van der Waals surface area contributed by atoms with Gasteiger partial charge in [0.1, 0.15) is 11.8 Å². The quantitative estimate of drug-likeness (QED) is 0.594. The Morgan fingerprint density at radius 3 is 2.94 bits per heavy atom. The van der Waals surface area contributed by atoms with E-state index in [9.17, 15) is 14.9 Å². The fourth-order valence-electron chi connectivity index (χ4n) is 1.67. The highest BCUT2D eigenvalue weighted by Crippen LogP contribution is 2.16. The Bertz CT molecular complexity index is 650. The second-order valence-electron chi connectivity index (χ2n) is 3.68. The second kappa shape index (κ2) is 4.92. The van der Waals surface area contributed by atoms with Crippen molar-refractivity contribution in [1.29, 1.82) is 0 Å². The van der Waals surface area contributed by atoms with Crippen molar-refractivity contribution in [3.8, 4) is 0 Å². The minimum Gasteiger partial charge on any atom is -0.383 e. The molecule has 18 heavy (non-hydrogen) atoms. The van der Waals surface area contributed by atoms with Gasteiger partial charge in [-0.25, -0.2) is 4.98 Å². The summed E-state index contributed by atoms with van der Waals surface area (Å²) >= 11 is 0. The van der Waals surface area contributed by atoms with E-state index in [0.29, 0.717) is 24.2 Å². The predicted molar refractivity (Wildman–Crippen MR) is 64.5 cm³/mol. The van der Waals surface area contributed by atoms with Crippen LogP contribution in [0.3, 0.4) is 0 Å². The molecule has 0 aromatic carbocycles. The molecule has 0 unspecified atom stereocenters. The fraction of sp³-hybridized carbons (Fsp3) is 0.273. The summed E-state index contributed by atoms with van der Waals surface area (Å²) in [6, 6.07) is 4.29. The molecule has 0 aliphatic carbocycles. The lowest BCUT2D eigenvalue weighted by molar-refractivity contribution is -0.385. The first-order valence-corrected chi connectivity index (χ1v) is 5.26. The van der Waals surface area contributed by atoms with Crippen LogP contribution >= 0.6 is 0 Å². The summed E-state index contributed by atoms with van der Waals surface area (Å²) in [6.45, 7) is 0.731. The predicted octanol–water partition coefficient (Wildman–Crippen LogP) is 0.951. The van der Waals surface area contributed by atoms with Gasteiger partial charge in [0, 0.05) is 24.6 Å². The lowest BCUT2D eigenvalue weighted by atomic mass is 10.2. The summed E-state index contributed by atoms with van der Waals surface area (Å²) in [5.41, 5.74) is 0.116. The van der Waals surface area contributed by atoms with Gasteiger partial charge >= 0.3 is 0 Å². The van der Waals surface area contributed by atoms with E-state index in [1.807, 2.05) is 0 Å². The van der Waals surface area contributed by atoms with Gasteiger partial charge in [0.2, 0.25) is 0 Å². The van der Waals surface area contributed by atoms with E-state index in [1.54, 1.807) is 0 Å². The summed E-state index contributed by atoms with van der Waals surface area (Å²) in [6.07, 6.45) is 1.14. The topological polar surface area (TPSA) is 87.3 Å². The molecule has 0 bridgehead atoms. The third-order valence-electron chi connectivity index (χ3n) is 2.54. The third kappa shape index (κ3) is 2.21. The van der Waals surface area contributed by atoms with Gasteiger partial charge in [0.05, 0.1) is 18.1 Å². The van der Waals surface area contributed by atoms with Gasteiger partial charge in [-0.05, 0) is 6.07 Å². The maximum absolute atomic E-state index is 11.7. The van der Waals surface area contributed by atoms with Crippen molar-refractivity contribution in [2.24, 2.45) is 0 Å². The Balaban J connectivity index is 2.59. The molecule has 0 aliphatic heterocycles. The molecule has 2 aromatic rings. The number of rotatable bonds is 4. The van der Waals surface area contributed by atoms with Crippen molar-refractivity contribution >= 4 is 16.7 Å². The van der Waals surface area contributed by atoms with Gasteiger partial charge in [-0.2, -0.15) is 0 Å². The van der Waals surface area contributed by atoms with Crippen LogP contribution in [0.15, 0.2) is 29.2 Å². The summed E-state index contributed by atoms with van der Waals surface area (Å²) < 4.78 is 6.35. The van der Waals surface area contributed by atoms with Gasteiger partial charge in [-0.1, -0.05) is 0 Å². The molecular weight excluding hydrogens is 238 g/mol. The number of pyridine rings is 2. The highest BCUT2D eigenvalue weighted by Gasteiger charge is 2.10. The van der Waals surface area contributed by atoms with E-state index in [1.165, 1.54) is 29.9 Å². The molecule has 7 nitrogen and oxygen atoms in total. The van der Waals surface area contributed by atoms with E-state index >= 15 is 0 Å². The SMILES string of the molecule is COCCn1c(=O)ccc2cc([N+](=O)[O-])cnc21. The molecule has 2 heterocycles. The molecule has 2 aromatic heterocycles. The molecule has 7 heteroatoms. The zero-order valence-corrected chi connectivity index (χ0v) is 9.70. The minimum atomic E-state index is -0.517. The fourth-order valence-corrected chi connectivity index (χ4v) is 1.67. The molecular formula is C11H11N3O4. The molecule has 94 valence electrons. The van der Waals surface area contributed by atoms with Gasteiger partial charge in [0.25, 0.3) is 11.2 Å². The Morgan fingerprint density at radius 1 is 1.50 bits per heavy atom. The van der Waals surface area contributed by atoms with Gasteiger partial charge in [0.15, 0.2) is 0 Å². The van der Waals surface area contributed by atoms with E-state index < -0.39 is 4.92 Å². The first-order chi connectivity index (χ1) is 8.63. The molecule has 0 atom stereocenters. The molecule has 0 radical (unpaired) electrons. The standard InChI is InChI=1S/C11H11N3O4/c1-18-5-4-13-10(15)3-2-8-6-9(14(16)17)7-12-11(8)13/h2-3,6-7H,4-5H2,1H3. The third-order valence-corrected chi connectivity index (χ3v) is 2.54. The van der Waals surface area contributed by atoms with Crippen LogP contribution in [0.25, 0.3) is 11.0 Å². The lowest BCUT2D eigenvalue weighted by Gasteiger charge is -2.07. The zero-order valence-electron chi connectivity index (χ0n) is 9.70. The zero-order chi connectivity index (χ0) is 13.1. The van der Waals surface area contributed by atoms with Crippen molar-refractivity contribution in [1.82, 2.24) is 9.55 Å². The van der Waals surface area contributed by atoms with Crippen LogP contribution in [-0.4, -0.2) is 28.2 Å². The van der Waals surface area contributed by atoms with E-state index in [-0.39, 0.29) is 11.2 Å². The van der Waals surface area contributed by atoms with E-state index in [2.05, 4.69) is 4.98 Å². The molecule has 0 spiro atoms. The van der Waals surface area contributed by atoms with E-state index in [4.69, 9.17) is 4.74 Å². The molecule has 0 N–H and O–H groups in total. The van der Waals surface area contributed by atoms with Crippen LogP contribution in [-0.2, 0) is 11.3 Å². The van der Waals surface area contributed by atoms with Crippen LogP contribution in [0.1, 0.15) is 0 Å². The monoisotopic (exact) mass is 249 g/mol. The highest BCUT2D eigenvalue weighted by atomic mass is 16.6. The van der Waals surface area contributed by atoms with Gasteiger partial charge in [-0.15, -0.1) is 0 Å². The average molecular weight is 249 g/mol. The number of nitro groups is 1. The summed E-state index contributed by atoms with van der Waals surface area (Å²) in [7, 11) is 1.54. The van der Waals surface area contributed by atoms with Crippen molar-refractivity contribution in [2.75, 3.05) is 13.7 Å². The molecule has 0 fully saturated rings. The maximum Gasteiger partial charge on any atom is 0.288 e. The second-order valence-corrected chi connectivity index (χ2v) is 3.68. The summed E-state index contributed by atoms with van der Waals surface area (Å²) in [4.78, 5) is 25.8. The van der Waals surface area contributed by atoms with Crippen molar-refractivity contribution in [2.45, 2.75) is 6.54 Å². The Labute approximate surface area is 102 Å². The van der Waals surface area contributed by atoms with Crippen LogP contribution in [0.5, 0.6) is 0 Å².